The molecular weight excluding hydrogens is 1250 g/mol. The molecule has 4 rings (SSSR count). The minimum atomic E-state index is -0.192. The van der Waals surface area contributed by atoms with Gasteiger partial charge in [0.15, 0.2) is 25.1 Å². The zero-order valence-electron chi connectivity index (χ0n) is 60.5. The molecule has 0 aliphatic heterocycles. The quantitative estimate of drug-likeness (QED) is 0.0180. The minimum Gasteiger partial charge on any atom is -0.508 e. The van der Waals surface area contributed by atoms with E-state index in [0.29, 0.717) is 95.3 Å². The maximum Gasteiger partial charge on any atom is 0.154 e. The van der Waals surface area contributed by atoms with Crippen LogP contribution in [0.1, 0.15) is 260 Å². The molecule has 0 bridgehead atoms. The molecule has 0 spiro atoms. The molecule has 4 aromatic rings. The molecule has 96 heavy (non-hydrogen) atoms. The number of aromatic hydroxyl groups is 8. The fourth-order valence-electron chi connectivity index (χ4n) is 9.98. The first kappa shape index (κ1) is 86.0. The number of allylic oxidation sites excluding steroid dienone is 20. The molecule has 0 aliphatic rings. The van der Waals surface area contributed by atoms with Gasteiger partial charge in [0.05, 0.1) is 32.3 Å². The van der Waals surface area contributed by atoms with Crippen molar-refractivity contribution in [2.75, 3.05) is 0 Å². The largest absolute Gasteiger partial charge is 0.508 e. The first-order valence-corrected chi connectivity index (χ1v) is 33.7. The van der Waals surface area contributed by atoms with Gasteiger partial charge < -0.3 is 40.9 Å². The van der Waals surface area contributed by atoms with Crippen molar-refractivity contribution >= 4 is 48.3 Å². The lowest BCUT2D eigenvalue weighted by Gasteiger charge is -2.13. The van der Waals surface area contributed by atoms with Crippen molar-refractivity contribution in [1.82, 2.24) is 0 Å². The average Bonchev–Trinajstić information content (AvgIpc) is 0.816. The van der Waals surface area contributed by atoms with Crippen LogP contribution in [0, 0.1) is 27.7 Å². The summed E-state index contributed by atoms with van der Waals surface area (Å²) in [6, 6.07) is 3.05. The minimum absolute atomic E-state index is 0.0314. The third-order valence-electron chi connectivity index (χ3n) is 16.3. The number of aryl methyl sites for hydroxylation is 2. The normalized spacial score (nSPS) is 11.8. The first-order valence-electron chi connectivity index (χ1n) is 32.9. The molecule has 0 saturated heterocycles. The molecular formula is C82H110Cl2O12. The molecule has 0 aliphatic carbocycles. The van der Waals surface area contributed by atoms with Gasteiger partial charge in [-0.2, -0.15) is 0 Å². The Morgan fingerprint density at radius 1 is 0.302 bits per heavy atom. The van der Waals surface area contributed by atoms with Gasteiger partial charge in [-0.05, 0) is 262 Å². The van der Waals surface area contributed by atoms with E-state index in [1.165, 1.54) is 56.7 Å². The van der Waals surface area contributed by atoms with Gasteiger partial charge in [-0.1, -0.05) is 140 Å². The van der Waals surface area contributed by atoms with E-state index in [0.717, 1.165) is 88.2 Å². The van der Waals surface area contributed by atoms with Crippen LogP contribution in [0.2, 0.25) is 10.0 Å². The highest BCUT2D eigenvalue weighted by atomic mass is 35.5. The highest BCUT2D eigenvalue weighted by Gasteiger charge is 2.22. The Balaban J connectivity index is 0.000000643. The summed E-state index contributed by atoms with van der Waals surface area (Å²) in [5.74, 6) is -0.862. The number of halogens is 2. The monoisotopic (exact) mass is 1360 g/mol. The third kappa shape index (κ3) is 29.9. The summed E-state index contributed by atoms with van der Waals surface area (Å²) in [6.45, 7) is 35.7. The molecule has 0 amide bonds. The van der Waals surface area contributed by atoms with Gasteiger partial charge in [0, 0.05) is 22.3 Å². The van der Waals surface area contributed by atoms with E-state index in [2.05, 4.69) is 113 Å². The van der Waals surface area contributed by atoms with Crippen molar-refractivity contribution in [1.29, 1.82) is 0 Å². The number of hydrogen-bond acceptors (Lipinski definition) is 12. The Hall–Kier alpha value is -8.06. The summed E-state index contributed by atoms with van der Waals surface area (Å²) in [5.41, 5.74) is 16.9. The number of carbonyl (C=O) groups excluding carboxylic acids is 4. The molecule has 14 heteroatoms. The molecule has 0 saturated carbocycles. The molecule has 0 heterocycles. The topological polar surface area (TPSA) is 230 Å². The number of phenols is 8. The van der Waals surface area contributed by atoms with Crippen LogP contribution < -0.4 is 0 Å². The van der Waals surface area contributed by atoms with Gasteiger partial charge in [-0.15, -0.1) is 0 Å². The summed E-state index contributed by atoms with van der Waals surface area (Å²) in [7, 11) is 0. The van der Waals surface area contributed by atoms with E-state index in [9.17, 15) is 60.0 Å². The predicted octanol–water partition coefficient (Wildman–Crippen LogP) is 22.6. The maximum atomic E-state index is 11.2. The summed E-state index contributed by atoms with van der Waals surface area (Å²) in [6.07, 6.45) is 37.1. The van der Waals surface area contributed by atoms with Crippen molar-refractivity contribution in [3.05, 3.63) is 205 Å². The second-order valence-corrected chi connectivity index (χ2v) is 26.7. The van der Waals surface area contributed by atoms with Crippen LogP contribution in [0.25, 0.3) is 0 Å². The molecule has 4 aromatic carbocycles. The third-order valence-corrected chi connectivity index (χ3v) is 17.2. The molecule has 0 radical (unpaired) electrons. The Bertz CT molecular complexity index is 3630. The van der Waals surface area contributed by atoms with Crippen molar-refractivity contribution in [3.63, 3.8) is 0 Å². The van der Waals surface area contributed by atoms with Crippen LogP contribution in [-0.2, 0) is 25.7 Å². The van der Waals surface area contributed by atoms with Gasteiger partial charge in [0.1, 0.15) is 46.0 Å². The van der Waals surface area contributed by atoms with E-state index in [1.807, 2.05) is 45.1 Å². The van der Waals surface area contributed by atoms with E-state index in [-0.39, 0.29) is 78.3 Å². The highest BCUT2D eigenvalue weighted by molar-refractivity contribution is 6.34. The fraction of sp³-hybridized carbons (Fsp3) is 0.415. The van der Waals surface area contributed by atoms with Gasteiger partial charge in [-0.3, -0.25) is 19.2 Å². The van der Waals surface area contributed by atoms with Crippen molar-refractivity contribution < 1.29 is 60.0 Å². The molecule has 0 aromatic heterocycles. The number of aldehydes is 4. The fourth-order valence-corrected chi connectivity index (χ4v) is 10.4. The average molecular weight is 1360 g/mol. The Morgan fingerprint density at radius 3 is 0.740 bits per heavy atom. The van der Waals surface area contributed by atoms with E-state index < -0.39 is 0 Å². The number of rotatable bonds is 30. The molecule has 0 unspecified atom stereocenters. The number of benzene rings is 4. The highest BCUT2D eigenvalue weighted by Crippen LogP contribution is 2.42. The summed E-state index contributed by atoms with van der Waals surface area (Å²) >= 11 is 12.1. The molecule has 8 N–H and O–H groups in total. The molecule has 12 nitrogen and oxygen atoms in total. The number of phenolic OH excluding ortho intramolecular Hbond substituents is 8. The van der Waals surface area contributed by atoms with Gasteiger partial charge in [0.2, 0.25) is 0 Å². The van der Waals surface area contributed by atoms with Gasteiger partial charge in [0.25, 0.3) is 0 Å². The van der Waals surface area contributed by atoms with Crippen LogP contribution >= 0.6 is 23.2 Å². The van der Waals surface area contributed by atoms with Crippen LogP contribution in [0.5, 0.6) is 46.0 Å². The number of hydrogen-bond donors (Lipinski definition) is 8. The van der Waals surface area contributed by atoms with E-state index in [4.69, 9.17) is 23.2 Å². The summed E-state index contributed by atoms with van der Waals surface area (Å²) < 4.78 is 0. The van der Waals surface area contributed by atoms with Crippen LogP contribution in [-0.4, -0.2) is 66.0 Å². The van der Waals surface area contributed by atoms with Crippen molar-refractivity contribution in [2.24, 2.45) is 0 Å². The zero-order chi connectivity index (χ0) is 73.1. The zero-order valence-corrected chi connectivity index (χ0v) is 62.0. The van der Waals surface area contributed by atoms with Crippen molar-refractivity contribution in [3.8, 4) is 46.0 Å². The standard InChI is InChI=1S/C23H31ClO3.C23H32O3.C18H23ClO3.C18H24O3/c1-15(2)8-6-9-16(3)10-7-11-17(4)12-13-19-22(26)20(14-25)18(5)21(24)23(19)27;1-16(2)8-6-9-17(3)10-7-11-18(4)12-13-20-22(25)14-19(5)21(15-24)23(20)26;1-11(2)6-5-7-12(3)8-9-14-17(21)15(10-20)13(4)16(19)18(14)22;1-12(2)6-5-7-13(3)8-9-15-17(20)10-14(4)16(11-19)18(15)21/h8,10,12,14,26-27H,6-7,9,11,13H2,1-5H3;8,10,12,14-15,25-26H,6-7,9,11,13H2,1-5H3;6,8,10,21-22H,5,7,9H2,1-4H3;6,8,10-11,20-21H,5,7,9H2,1-4H3/b16-10+,17-12+;17-10+,18-12+;12-8+;13-8+. The Kier molecular flexibility index (Phi) is 40.0. The lowest BCUT2D eigenvalue weighted by atomic mass is 9.99. The lowest BCUT2D eigenvalue weighted by molar-refractivity contribution is 0.111. The Morgan fingerprint density at radius 2 is 0.510 bits per heavy atom. The smallest absolute Gasteiger partial charge is 0.154 e. The van der Waals surface area contributed by atoms with Gasteiger partial charge in [-0.25, -0.2) is 0 Å². The van der Waals surface area contributed by atoms with Crippen LogP contribution in [0.4, 0.5) is 0 Å². The summed E-state index contributed by atoms with van der Waals surface area (Å²) in [4.78, 5) is 44.4. The van der Waals surface area contributed by atoms with E-state index >= 15 is 0 Å². The summed E-state index contributed by atoms with van der Waals surface area (Å²) in [5, 5.41) is 81.2. The van der Waals surface area contributed by atoms with Crippen molar-refractivity contribution in [2.45, 2.75) is 227 Å². The lowest BCUT2D eigenvalue weighted by Crippen LogP contribution is -1.96. The van der Waals surface area contributed by atoms with Gasteiger partial charge >= 0.3 is 0 Å². The van der Waals surface area contributed by atoms with E-state index in [1.54, 1.807) is 27.7 Å². The van der Waals surface area contributed by atoms with Crippen LogP contribution in [0.3, 0.4) is 0 Å². The second-order valence-electron chi connectivity index (χ2n) is 25.9. The maximum absolute atomic E-state index is 11.2. The number of carbonyl (C=O) groups is 4. The molecule has 524 valence electrons. The SMILES string of the molecule is CC(C)=CCC/C(C)=C/CC/C(C)=C/Cc1c(O)c(Cl)c(C)c(C=O)c1O.CC(C)=CCC/C(C)=C/CC/C(C)=C/Cc1c(O)cc(C)c(C=O)c1O.CC(C)=CCC/C(C)=C/Cc1c(O)c(Cl)c(C)c(C=O)c1O.CC(C)=CCC/C(C)=C/Cc1c(O)cc(C)c(C=O)c1O. The first-order chi connectivity index (χ1) is 45.1. The molecule has 0 atom stereocenters. The Labute approximate surface area is 583 Å². The predicted molar refractivity (Wildman–Crippen MR) is 400 cm³/mol. The molecule has 0 fully saturated rings. The van der Waals surface area contributed by atoms with Crippen LogP contribution in [0.15, 0.2) is 129 Å². The second kappa shape index (κ2) is 44.6.